The molecule has 1 aromatic carbocycles. The molecule has 2 atom stereocenters. The fourth-order valence-electron chi connectivity index (χ4n) is 2.89. The highest BCUT2D eigenvalue weighted by molar-refractivity contribution is 5.80. The number of carbonyl (C=O) groups excluding carboxylic acids is 1. The van der Waals surface area contributed by atoms with Crippen LogP contribution < -0.4 is 11.1 Å². The van der Waals surface area contributed by atoms with Crippen molar-refractivity contribution in [1.29, 1.82) is 0 Å². The van der Waals surface area contributed by atoms with Crippen molar-refractivity contribution in [2.75, 3.05) is 19.6 Å². The molecule has 2 unspecified atom stereocenters. The van der Waals surface area contributed by atoms with E-state index in [2.05, 4.69) is 49.2 Å². The molecule has 3 N–H and O–H groups in total. The molecular weight excluding hydrogens is 238 g/mol. The first-order valence-corrected chi connectivity index (χ1v) is 6.83. The second kappa shape index (κ2) is 5.72. The summed E-state index contributed by atoms with van der Waals surface area (Å²) in [5.41, 5.74) is 9.28. The zero-order valence-corrected chi connectivity index (χ0v) is 11.9. The lowest BCUT2D eigenvalue weighted by molar-refractivity contribution is -0.124. The SMILES string of the molecule is Cc1cc(C)cc(C(C)N2CCNCC2C(N)=O)c1. The standard InChI is InChI=1S/C15H23N3O/c1-10-6-11(2)8-13(7-10)12(3)18-5-4-17-9-14(18)15(16)19/h6-8,12,14,17H,4-5,9H2,1-3H3,(H2,16,19). The van der Waals surface area contributed by atoms with E-state index in [1.165, 1.54) is 16.7 Å². The molecule has 1 amide bonds. The van der Waals surface area contributed by atoms with Crippen LogP contribution in [0.3, 0.4) is 0 Å². The van der Waals surface area contributed by atoms with Crippen molar-refractivity contribution in [3.63, 3.8) is 0 Å². The molecule has 2 rings (SSSR count). The van der Waals surface area contributed by atoms with Crippen molar-refractivity contribution in [2.24, 2.45) is 5.73 Å². The summed E-state index contributed by atoms with van der Waals surface area (Å²) >= 11 is 0. The Morgan fingerprint density at radius 2 is 2.00 bits per heavy atom. The van der Waals surface area contributed by atoms with Gasteiger partial charge in [-0.1, -0.05) is 29.3 Å². The zero-order valence-electron chi connectivity index (χ0n) is 11.9. The molecule has 1 fully saturated rings. The van der Waals surface area contributed by atoms with Gasteiger partial charge in [-0.3, -0.25) is 9.69 Å². The van der Waals surface area contributed by atoms with Crippen molar-refractivity contribution in [2.45, 2.75) is 32.9 Å². The Morgan fingerprint density at radius 1 is 1.37 bits per heavy atom. The Morgan fingerprint density at radius 3 is 2.58 bits per heavy atom. The molecule has 1 heterocycles. The van der Waals surface area contributed by atoms with Crippen molar-refractivity contribution in [3.8, 4) is 0 Å². The van der Waals surface area contributed by atoms with Crippen molar-refractivity contribution in [1.82, 2.24) is 10.2 Å². The molecule has 19 heavy (non-hydrogen) atoms. The number of aryl methyl sites for hydroxylation is 2. The van der Waals surface area contributed by atoms with Crippen LogP contribution in [0.1, 0.15) is 29.7 Å². The highest BCUT2D eigenvalue weighted by atomic mass is 16.1. The number of hydrogen-bond donors (Lipinski definition) is 2. The van der Waals surface area contributed by atoms with Crippen LogP contribution in [0.25, 0.3) is 0 Å². The Bertz CT molecular complexity index is 452. The average Bonchev–Trinajstić information content (AvgIpc) is 2.36. The number of nitrogens with two attached hydrogens (primary N) is 1. The molecule has 104 valence electrons. The van der Waals surface area contributed by atoms with Gasteiger partial charge in [0.1, 0.15) is 6.04 Å². The lowest BCUT2D eigenvalue weighted by Crippen LogP contribution is -2.57. The Balaban J connectivity index is 2.25. The van der Waals surface area contributed by atoms with Crippen molar-refractivity contribution >= 4 is 5.91 Å². The third-order valence-electron chi connectivity index (χ3n) is 3.84. The number of amides is 1. The van der Waals surface area contributed by atoms with E-state index in [9.17, 15) is 4.79 Å². The van der Waals surface area contributed by atoms with Crippen LogP contribution in [-0.2, 0) is 4.79 Å². The molecule has 0 spiro atoms. The fraction of sp³-hybridized carbons (Fsp3) is 0.533. The largest absolute Gasteiger partial charge is 0.368 e. The molecular formula is C15H23N3O. The maximum Gasteiger partial charge on any atom is 0.236 e. The normalized spacial score (nSPS) is 22.2. The molecule has 1 aliphatic heterocycles. The molecule has 4 heteroatoms. The van der Waals surface area contributed by atoms with Gasteiger partial charge in [0.2, 0.25) is 5.91 Å². The quantitative estimate of drug-likeness (QED) is 0.857. The highest BCUT2D eigenvalue weighted by Gasteiger charge is 2.30. The van der Waals surface area contributed by atoms with E-state index in [1.54, 1.807) is 0 Å². The fourth-order valence-corrected chi connectivity index (χ4v) is 2.89. The monoisotopic (exact) mass is 261 g/mol. The molecule has 0 radical (unpaired) electrons. The van der Waals surface area contributed by atoms with Gasteiger partial charge in [-0.2, -0.15) is 0 Å². The highest BCUT2D eigenvalue weighted by Crippen LogP contribution is 2.25. The third kappa shape index (κ3) is 3.14. The summed E-state index contributed by atoms with van der Waals surface area (Å²) in [5, 5.41) is 3.23. The predicted molar refractivity (Wildman–Crippen MR) is 76.9 cm³/mol. The summed E-state index contributed by atoms with van der Waals surface area (Å²) in [6.07, 6.45) is 0. The van der Waals surface area contributed by atoms with Crippen LogP contribution in [0.5, 0.6) is 0 Å². The number of nitrogens with zero attached hydrogens (tertiary/aromatic N) is 1. The van der Waals surface area contributed by atoms with Gasteiger partial charge in [-0.05, 0) is 26.3 Å². The Kier molecular flexibility index (Phi) is 4.22. The summed E-state index contributed by atoms with van der Waals surface area (Å²) in [4.78, 5) is 13.8. The first-order valence-electron chi connectivity index (χ1n) is 6.83. The average molecular weight is 261 g/mol. The van der Waals surface area contributed by atoms with E-state index in [0.717, 1.165) is 13.1 Å². The number of hydrogen-bond acceptors (Lipinski definition) is 3. The smallest absolute Gasteiger partial charge is 0.236 e. The second-order valence-electron chi connectivity index (χ2n) is 5.46. The van der Waals surface area contributed by atoms with Crippen LogP contribution in [0.2, 0.25) is 0 Å². The molecule has 1 saturated heterocycles. The van der Waals surface area contributed by atoms with Crippen LogP contribution >= 0.6 is 0 Å². The topological polar surface area (TPSA) is 58.4 Å². The maximum atomic E-state index is 11.6. The molecule has 1 aromatic rings. The summed E-state index contributed by atoms with van der Waals surface area (Å²) in [5.74, 6) is -0.247. The van der Waals surface area contributed by atoms with Crippen molar-refractivity contribution < 1.29 is 4.79 Å². The van der Waals surface area contributed by atoms with Gasteiger partial charge in [0, 0.05) is 25.7 Å². The van der Waals surface area contributed by atoms with Crippen molar-refractivity contribution in [3.05, 3.63) is 34.9 Å². The van der Waals surface area contributed by atoms with E-state index in [4.69, 9.17) is 5.73 Å². The molecule has 4 nitrogen and oxygen atoms in total. The minimum absolute atomic E-state index is 0.207. The van der Waals surface area contributed by atoms with Crippen LogP contribution in [-0.4, -0.2) is 36.5 Å². The van der Waals surface area contributed by atoms with Gasteiger partial charge in [0.15, 0.2) is 0 Å². The number of nitrogens with one attached hydrogen (secondary N) is 1. The Hall–Kier alpha value is -1.39. The summed E-state index contributed by atoms with van der Waals surface area (Å²) in [6.45, 7) is 8.75. The second-order valence-corrected chi connectivity index (χ2v) is 5.46. The van der Waals surface area contributed by atoms with E-state index < -0.39 is 0 Å². The number of benzene rings is 1. The Labute approximate surface area is 115 Å². The van der Waals surface area contributed by atoms with E-state index in [0.29, 0.717) is 6.54 Å². The van der Waals surface area contributed by atoms with E-state index in [1.807, 2.05) is 0 Å². The van der Waals surface area contributed by atoms with Gasteiger partial charge >= 0.3 is 0 Å². The van der Waals surface area contributed by atoms with Gasteiger partial charge in [0.25, 0.3) is 0 Å². The van der Waals surface area contributed by atoms with Gasteiger partial charge in [-0.15, -0.1) is 0 Å². The minimum atomic E-state index is -0.247. The summed E-state index contributed by atoms with van der Waals surface area (Å²) in [6, 6.07) is 6.54. The maximum absolute atomic E-state index is 11.6. The molecule has 0 saturated carbocycles. The number of carbonyl (C=O) groups is 1. The number of rotatable bonds is 3. The summed E-state index contributed by atoms with van der Waals surface area (Å²) < 4.78 is 0. The molecule has 0 aromatic heterocycles. The van der Waals surface area contributed by atoms with Crippen LogP contribution in [0, 0.1) is 13.8 Å². The lowest BCUT2D eigenvalue weighted by atomic mass is 9.99. The first-order chi connectivity index (χ1) is 8.99. The van der Waals surface area contributed by atoms with Gasteiger partial charge in [0.05, 0.1) is 0 Å². The lowest BCUT2D eigenvalue weighted by Gasteiger charge is -2.38. The van der Waals surface area contributed by atoms with E-state index in [-0.39, 0.29) is 18.0 Å². The van der Waals surface area contributed by atoms with Crippen LogP contribution in [0.4, 0.5) is 0 Å². The number of primary amides is 1. The molecule has 1 aliphatic rings. The van der Waals surface area contributed by atoms with Crippen LogP contribution in [0.15, 0.2) is 18.2 Å². The number of piperazine rings is 1. The summed E-state index contributed by atoms with van der Waals surface area (Å²) in [7, 11) is 0. The molecule has 0 aliphatic carbocycles. The van der Waals surface area contributed by atoms with E-state index >= 15 is 0 Å². The first kappa shape index (κ1) is 14.0. The zero-order chi connectivity index (χ0) is 14.0. The predicted octanol–water partition coefficient (Wildman–Crippen LogP) is 1.12. The third-order valence-corrected chi connectivity index (χ3v) is 3.84. The van der Waals surface area contributed by atoms with Gasteiger partial charge < -0.3 is 11.1 Å². The minimum Gasteiger partial charge on any atom is -0.368 e. The molecule has 0 bridgehead atoms. The van der Waals surface area contributed by atoms with Gasteiger partial charge in [-0.25, -0.2) is 0 Å².